The van der Waals surface area contributed by atoms with Gasteiger partial charge in [0.1, 0.15) is 11.5 Å². The molecule has 22 heavy (non-hydrogen) atoms. The van der Waals surface area contributed by atoms with Crippen LogP contribution in [0.3, 0.4) is 0 Å². The summed E-state index contributed by atoms with van der Waals surface area (Å²) in [5.41, 5.74) is 0.495. The van der Waals surface area contributed by atoms with Crippen LogP contribution in [0, 0.1) is 11.8 Å². The topological polar surface area (TPSA) is 84.9 Å². The van der Waals surface area contributed by atoms with E-state index in [-0.39, 0.29) is 12.0 Å². The second-order valence-corrected chi connectivity index (χ2v) is 5.65. The Kier molecular flexibility index (Phi) is 4.90. The number of carboxylic acid groups (broad SMARTS) is 1. The number of carbonyl (C=O) groups is 2. The second kappa shape index (κ2) is 6.68. The molecule has 2 unspecified atom stereocenters. The molecule has 1 aliphatic carbocycles. The molecule has 2 N–H and O–H groups in total. The van der Waals surface area contributed by atoms with Crippen molar-refractivity contribution in [1.82, 2.24) is 0 Å². The summed E-state index contributed by atoms with van der Waals surface area (Å²) < 4.78 is 10.8. The van der Waals surface area contributed by atoms with Crippen LogP contribution in [0.2, 0.25) is 0 Å². The molecule has 120 valence electrons. The molecule has 0 heterocycles. The second-order valence-electron chi connectivity index (χ2n) is 5.65. The van der Waals surface area contributed by atoms with Crippen molar-refractivity contribution in [3.8, 4) is 11.5 Å². The lowest BCUT2D eigenvalue weighted by Crippen LogP contribution is -2.41. The molecule has 2 atom stereocenters. The number of nitrogens with one attached hydrogen (secondary N) is 1. The average molecular weight is 307 g/mol. The highest BCUT2D eigenvalue weighted by molar-refractivity contribution is 5.97. The zero-order valence-corrected chi connectivity index (χ0v) is 13.0. The van der Waals surface area contributed by atoms with E-state index in [1.807, 2.05) is 13.8 Å². The first-order valence-electron chi connectivity index (χ1n) is 7.30. The standard InChI is InChI=1S/C16H21NO5/c1-9(2)22-14-7-4-10(21-3)8-13(14)17-15(18)11-5-6-12(11)16(19)20/h4,7-9,11-12H,5-6H2,1-3H3,(H,17,18)(H,19,20). The maximum Gasteiger partial charge on any atom is 0.307 e. The van der Waals surface area contributed by atoms with Crippen LogP contribution in [0.1, 0.15) is 26.7 Å². The minimum Gasteiger partial charge on any atom is -0.497 e. The molecule has 1 saturated carbocycles. The van der Waals surface area contributed by atoms with Gasteiger partial charge in [-0.3, -0.25) is 9.59 Å². The maximum atomic E-state index is 12.3. The van der Waals surface area contributed by atoms with Crippen LogP contribution in [0.25, 0.3) is 0 Å². The van der Waals surface area contributed by atoms with E-state index in [4.69, 9.17) is 14.6 Å². The van der Waals surface area contributed by atoms with Crippen molar-refractivity contribution in [1.29, 1.82) is 0 Å². The Labute approximate surface area is 129 Å². The number of hydrogen-bond donors (Lipinski definition) is 2. The fraction of sp³-hybridized carbons (Fsp3) is 0.500. The minimum atomic E-state index is -0.921. The van der Waals surface area contributed by atoms with Gasteiger partial charge in [-0.15, -0.1) is 0 Å². The fourth-order valence-electron chi connectivity index (χ4n) is 2.43. The normalized spacial score (nSPS) is 20.2. The number of aliphatic carboxylic acids is 1. The zero-order chi connectivity index (χ0) is 16.3. The number of amides is 1. The Morgan fingerprint density at radius 1 is 1.27 bits per heavy atom. The van der Waals surface area contributed by atoms with Gasteiger partial charge >= 0.3 is 5.97 Å². The van der Waals surface area contributed by atoms with Gasteiger partial charge in [-0.25, -0.2) is 0 Å². The molecule has 1 amide bonds. The Balaban J connectivity index is 2.16. The molecule has 1 fully saturated rings. The van der Waals surface area contributed by atoms with E-state index < -0.39 is 17.8 Å². The summed E-state index contributed by atoms with van der Waals surface area (Å²) in [5, 5.41) is 11.8. The summed E-state index contributed by atoms with van der Waals surface area (Å²) in [7, 11) is 1.54. The lowest BCUT2D eigenvalue weighted by molar-refractivity contribution is -0.151. The minimum absolute atomic E-state index is 0.0421. The van der Waals surface area contributed by atoms with Crippen LogP contribution in [0.5, 0.6) is 11.5 Å². The Bertz CT molecular complexity index is 570. The highest BCUT2D eigenvalue weighted by atomic mass is 16.5. The molecule has 0 aliphatic heterocycles. The van der Waals surface area contributed by atoms with Crippen LogP contribution in [0.15, 0.2) is 18.2 Å². The van der Waals surface area contributed by atoms with Gasteiger partial charge in [-0.2, -0.15) is 0 Å². The molecular weight excluding hydrogens is 286 g/mol. The van der Waals surface area contributed by atoms with Crippen molar-refractivity contribution in [2.45, 2.75) is 32.8 Å². The van der Waals surface area contributed by atoms with Crippen molar-refractivity contribution < 1.29 is 24.2 Å². The highest BCUT2D eigenvalue weighted by Gasteiger charge is 2.41. The Hall–Kier alpha value is -2.24. The van der Waals surface area contributed by atoms with E-state index in [1.165, 1.54) is 7.11 Å². The van der Waals surface area contributed by atoms with Crippen molar-refractivity contribution in [3.63, 3.8) is 0 Å². The van der Waals surface area contributed by atoms with Crippen LogP contribution in [-0.4, -0.2) is 30.2 Å². The summed E-state index contributed by atoms with van der Waals surface area (Å²) in [6.07, 6.45) is 1.09. The summed E-state index contributed by atoms with van der Waals surface area (Å²) in [5.74, 6) is -1.17. The van der Waals surface area contributed by atoms with E-state index in [2.05, 4.69) is 5.32 Å². The van der Waals surface area contributed by atoms with Gasteiger partial charge in [0, 0.05) is 6.07 Å². The summed E-state index contributed by atoms with van der Waals surface area (Å²) in [6.45, 7) is 3.78. The smallest absolute Gasteiger partial charge is 0.307 e. The highest BCUT2D eigenvalue weighted by Crippen LogP contribution is 2.37. The Morgan fingerprint density at radius 3 is 2.45 bits per heavy atom. The molecule has 0 saturated heterocycles. The van der Waals surface area contributed by atoms with Gasteiger partial charge < -0.3 is 19.9 Å². The first kappa shape index (κ1) is 16.1. The number of methoxy groups -OCH3 is 1. The average Bonchev–Trinajstić information content (AvgIpc) is 2.38. The van der Waals surface area contributed by atoms with E-state index in [9.17, 15) is 9.59 Å². The van der Waals surface area contributed by atoms with Crippen molar-refractivity contribution in [2.75, 3.05) is 12.4 Å². The van der Waals surface area contributed by atoms with Crippen LogP contribution >= 0.6 is 0 Å². The molecule has 1 aromatic rings. The van der Waals surface area contributed by atoms with E-state index >= 15 is 0 Å². The third-order valence-corrected chi connectivity index (χ3v) is 3.74. The SMILES string of the molecule is COc1ccc(OC(C)C)c(NC(=O)C2CCC2C(=O)O)c1. The van der Waals surface area contributed by atoms with Gasteiger partial charge in [0.15, 0.2) is 0 Å². The number of ether oxygens (including phenoxy) is 2. The van der Waals surface area contributed by atoms with Crippen LogP contribution < -0.4 is 14.8 Å². The van der Waals surface area contributed by atoms with E-state index in [0.29, 0.717) is 30.0 Å². The summed E-state index contributed by atoms with van der Waals surface area (Å²) in [6, 6.07) is 5.14. The van der Waals surface area contributed by atoms with Gasteiger partial charge in [0.2, 0.25) is 5.91 Å². The number of rotatable bonds is 6. The molecule has 1 aliphatic rings. The third-order valence-electron chi connectivity index (χ3n) is 3.74. The van der Waals surface area contributed by atoms with Gasteiger partial charge in [-0.1, -0.05) is 0 Å². The van der Waals surface area contributed by atoms with Crippen molar-refractivity contribution in [2.24, 2.45) is 11.8 Å². The van der Waals surface area contributed by atoms with Gasteiger partial charge in [-0.05, 0) is 38.8 Å². The van der Waals surface area contributed by atoms with Crippen molar-refractivity contribution >= 4 is 17.6 Å². The number of carbonyl (C=O) groups excluding carboxylic acids is 1. The van der Waals surface area contributed by atoms with E-state index in [1.54, 1.807) is 18.2 Å². The lowest BCUT2D eigenvalue weighted by Gasteiger charge is -2.32. The summed E-state index contributed by atoms with van der Waals surface area (Å²) >= 11 is 0. The first-order chi connectivity index (χ1) is 10.4. The number of benzene rings is 1. The molecule has 1 aromatic carbocycles. The molecule has 0 aromatic heterocycles. The molecule has 6 nitrogen and oxygen atoms in total. The molecule has 0 spiro atoms. The first-order valence-corrected chi connectivity index (χ1v) is 7.30. The summed E-state index contributed by atoms with van der Waals surface area (Å²) in [4.78, 5) is 23.3. The number of anilines is 1. The number of hydrogen-bond acceptors (Lipinski definition) is 4. The Morgan fingerprint density at radius 2 is 1.95 bits per heavy atom. The number of carboxylic acids is 1. The van der Waals surface area contributed by atoms with Gasteiger partial charge in [0.05, 0.1) is 30.7 Å². The predicted octanol–water partition coefficient (Wildman–Crippen LogP) is 2.53. The van der Waals surface area contributed by atoms with E-state index in [0.717, 1.165) is 0 Å². The molecule has 2 rings (SSSR count). The quantitative estimate of drug-likeness (QED) is 0.843. The third kappa shape index (κ3) is 3.50. The zero-order valence-electron chi connectivity index (χ0n) is 13.0. The molecule has 6 heteroatoms. The monoisotopic (exact) mass is 307 g/mol. The van der Waals surface area contributed by atoms with Crippen LogP contribution in [0.4, 0.5) is 5.69 Å². The fourth-order valence-corrected chi connectivity index (χ4v) is 2.43. The molecular formula is C16H21NO5. The molecule has 0 radical (unpaired) electrons. The maximum absolute atomic E-state index is 12.3. The van der Waals surface area contributed by atoms with Crippen LogP contribution in [-0.2, 0) is 9.59 Å². The largest absolute Gasteiger partial charge is 0.497 e. The molecule has 0 bridgehead atoms. The predicted molar refractivity (Wildman–Crippen MR) is 81.2 cm³/mol. The van der Waals surface area contributed by atoms with Crippen molar-refractivity contribution in [3.05, 3.63) is 18.2 Å². The van der Waals surface area contributed by atoms with Gasteiger partial charge in [0.25, 0.3) is 0 Å². The lowest BCUT2D eigenvalue weighted by atomic mass is 9.73.